The molecule has 2 heterocycles. The number of anilines is 1. The second kappa shape index (κ2) is 6.19. The van der Waals surface area contributed by atoms with E-state index < -0.39 is 0 Å². The molecule has 6 heteroatoms. The number of hydrogen-bond donors (Lipinski definition) is 1. The lowest BCUT2D eigenvalue weighted by Crippen LogP contribution is -2.28. The normalized spacial score (nSPS) is 18.1. The Balaban J connectivity index is 1.80. The first-order chi connectivity index (χ1) is 12.1. The zero-order valence-electron chi connectivity index (χ0n) is 14.5. The molecule has 0 bridgehead atoms. The van der Waals surface area contributed by atoms with Gasteiger partial charge in [-0.25, -0.2) is 9.98 Å². The van der Waals surface area contributed by atoms with Crippen LogP contribution in [0.25, 0.3) is 0 Å². The zero-order valence-corrected chi connectivity index (χ0v) is 15.4. The maximum Gasteiger partial charge on any atom is 0.244 e. The number of rotatable bonds is 3. The quantitative estimate of drug-likeness (QED) is 0.804. The molecule has 1 aromatic carbocycles. The molecule has 128 valence electrons. The third kappa shape index (κ3) is 3.14. The number of nitrogens with one attached hydrogen (secondary N) is 1. The van der Waals surface area contributed by atoms with E-state index in [1.807, 2.05) is 18.2 Å². The van der Waals surface area contributed by atoms with Crippen molar-refractivity contribution in [2.75, 3.05) is 12.4 Å². The van der Waals surface area contributed by atoms with Crippen molar-refractivity contribution in [1.29, 1.82) is 0 Å². The predicted molar refractivity (Wildman–Crippen MR) is 102 cm³/mol. The molecule has 0 unspecified atom stereocenters. The molecule has 0 amide bonds. The maximum absolute atomic E-state index is 5.36. The van der Waals surface area contributed by atoms with Gasteiger partial charge < -0.3 is 10.1 Å². The van der Waals surface area contributed by atoms with E-state index in [1.54, 1.807) is 18.9 Å². The minimum atomic E-state index is 0.139. The predicted octanol–water partition coefficient (Wildman–Crippen LogP) is 4.81. The van der Waals surface area contributed by atoms with Gasteiger partial charge in [0.25, 0.3) is 0 Å². The summed E-state index contributed by atoms with van der Waals surface area (Å²) in [4.78, 5) is 14.6. The van der Waals surface area contributed by atoms with Crippen molar-refractivity contribution >= 4 is 28.8 Å². The minimum absolute atomic E-state index is 0.139. The summed E-state index contributed by atoms with van der Waals surface area (Å²) in [5.41, 5.74) is 4.26. The van der Waals surface area contributed by atoms with Crippen molar-refractivity contribution < 1.29 is 4.74 Å². The summed E-state index contributed by atoms with van der Waals surface area (Å²) in [5.74, 6) is 0.532. The molecule has 0 saturated carbocycles. The topological polar surface area (TPSA) is 59.4 Å². The fourth-order valence-electron chi connectivity index (χ4n) is 3.24. The highest BCUT2D eigenvalue weighted by Crippen LogP contribution is 2.50. The van der Waals surface area contributed by atoms with Gasteiger partial charge in [-0.05, 0) is 30.4 Å². The Morgan fingerprint density at radius 1 is 1.12 bits per heavy atom. The minimum Gasteiger partial charge on any atom is -0.479 e. The Morgan fingerprint density at radius 3 is 2.68 bits per heavy atom. The molecule has 0 atom stereocenters. The number of benzene rings is 1. The number of aromatic nitrogens is 2. The monoisotopic (exact) mass is 352 g/mol. The van der Waals surface area contributed by atoms with Gasteiger partial charge in [-0.2, -0.15) is 4.98 Å². The Kier molecular flexibility index (Phi) is 4.00. The number of hydrogen-bond acceptors (Lipinski definition) is 6. The fraction of sp³-hybridized carbons (Fsp3) is 0.316. The molecule has 1 N–H and O–H groups in total. The maximum atomic E-state index is 5.36. The molecular weight excluding hydrogens is 332 g/mol. The standard InChI is InChI=1S/C19H20N4OS/c1-19(2)9-13(22-12-7-5-4-6-8-12)16-14(10-19)23-15-17(24-3)20-11-21-18(15)25-16/h4-8,11,22H,9-10H2,1-3H3. The number of allylic oxidation sites excluding steroid dienone is 2. The van der Waals surface area contributed by atoms with Crippen LogP contribution in [0.4, 0.5) is 11.4 Å². The van der Waals surface area contributed by atoms with Crippen molar-refractivity contribution in [3.63, 3.8) is 0 Å². The van der Waals surface area contributed by atoms with E-state index in [1.165, 1.54) is 16.9 Å². The first-order valence-corrected chi connectivity index (χ1v) is 9.07. The van der Waals surface area contributed by atoms with Crippen molar-refractivity contribution in [1.82, 2.24) is 9.97 Å². The first kappa shape index (κ1) is 16.1. The average Bonchev–Trinajstić information content (AvgIpc) is 2.60. The van der Waals surface area contributed by atoms with Crippen molar-refractivity contribution in [3.05, 3.63) is 47.3 Å². The molecule has 1 aliphatic carbocycles. The third-order valence-electron chi connectivity index (χ3n) is 4.30. The lowest BCUT2D eigenvalue weighted by atomic mass is 9.78. The van der Waals surface area contributed by atoms with Crippen molar-refractivity contribution in [2.45, 2.75) is 31.7 Å². The molecule has 1 aliphatic heterocycles. The van der Waals surface area contributed by atoms with Crippen LogP contribution in [0.1, 0.15) is 26.7 Å². The second-order valence-electron chi connectivity index (χ2n) is 7.01. The van der Waals surface area contributed by atoms with Gasteiger partial charge in [-0.15, -0.1) is 0 Å². The largest absolute Gasteiger partial charge is 0.479 e. The Hall–Kier alpha value is -2.34. The number of methoxy groups -OCH3 is 1. The zero-order chi connectivity index (χ0) is 17.4. The van der Waals surface area contributed by atoms with Gasteiger partial charge in [0.05, 0.1) is 17.7 Å². The summed E-state index contributed by atoms with van der Waals surface area (Å²) in [5, 5.41) is 4.44. The van der Waals surface area contributed by atoms with Crippen LogP contribution in [-0.2, 0) is 0 Å². The number of fused-ring (bicyclic) bond motifs is 2. The van der Waals surface area contributed by atoms with Crippen LogP contribution in [0.15, 0.2) is 57.3 Å². The highest BCUT2D eigenvalue weighted by atomic mass is 32.2. The van der Waals surface area contributed by atoms with E-state index in [-0.39, 0.29) is 5.41 Å². The van der Waals surface area contributed by atoms with Crippen LogP contribution in [0.3, 0.4) is 0 Å². The van der Waals surface area contributed by atoms with Crippen LogP contribution in [0, 0.1) is 5.41 Å². The average molecular weight is 352 g/mol. The van der Waals surface area contributed by atoms with Crippen molar-refractivity contribution in [3.8, 4) is 5.88 Å². The summed E-state index contributed by atoms with van der Waals surface area (Å²) < 4.78 is 5.36. The lowest BCUT2D eigenvalue weighted by Gasteiger charge is -2.35. The summed E-state index contributed by atoms with van der Waals surface area (Å²) in [7, 11) is 1.62. The third-order valence-corrected chi connectivity index (χ3v) is 5.48. The highest BCUT2D eigenvalue weighted by Gasteiger charge is 2.35. The first-order valence-electron chi connectivity index (χ1n) is 8.26. The van der Waals surface area contributed by atoms with Gasteiger partial charge in [0.1, 0.15) is 11.4 Å². The molecule has 0 fully saturated rings. The summed E-state index contributed by atoms with van der Waals surface area (Å²) in [6.45, 7) is 4.55. The van der Waals surface area contributed by atoms with E-state index in [0.717, 1.165) is 35.0 Å². The molecule has 0 spiro atoms. The van der Waals surface area contributed by atoms with E-state index in [2.05, 4.69) is 41.3 Å². The van der Waals surface area contributed by atoms with Crippen LogP contribution in [-0.4, -0.2) is 22.8 Å². The van der Waals surface area contributed by atoms with E-state index in [4.69, 9.17) is 9.73 Å². The highest BCUT2D eigenvalue weighted by molar-refractivity contribution is 8.04. The Bertz CT molecular complexity index is 874. The van der Waals surface area contributed by atoms with E-state index in [0.29, 0.717) is 5.88 Å². The van der Waals surface area contributed by atoms with Crippen molar-refractivity contribution in [2.24, 2.45) is 10.4 Å². The fourth-order valence-corrected chi connectivity index (χ4v) is 4.24. The number of ether oxygens (including phenoxy) is 1. The van der Waals surface area contributed by atoms with Gasteiger partial charge in [-0.1, -0.05) is 43.8 Å². The molecular formula is C19H20N4OS. The Labute approximate surface area is 151 Å². The van der Waals surface area contributed by atoms with Gasteiger partial charge >= 0.3 is 0 Å². The molecule has 0 saturated heterocycles. The molecule has 1 aromatic heterocycles. The summed E-state index contributed by atoms with van der Waals surface area (Å²) >= 11 is 1.65. The van der Waals surface area contributed by atoms with Crippen LogP contribution in [0.5, 0.6) is 5.88 Å². The molecule has 5 nitrogen and oxygen atoms in total. The molecule has 25 heavy (non-hydrogen) atoms. The van der Waals surface area contributed by atoms with Crippen LogP contribution >= 0.6 is 11.8 Å². The van der Waals surface area contributed by atoms with Gasteiger partial charge in [-0.3, -0.25) is 0 Å². The molecule has 4 rings (SSSR count). The number of thioether (sulfide) groups is 1. The summed E-state index contributed by atoms with van der Waals surface area (Å²) in [6, 6.07) is 10.3. The SMILES string of the molecule is COc1ncnc2c1N=C1CC(C)(C)CC(Nc3ccccc3)=C1S2. The Morgan fingerprint density at radius 2 is 1.92 bits per heavy atom. The van der Waals surface area contributed by atoms with Crippen LogP contribution < -0.4 is 10.1 Å². The smallest absolute Gasteiger partial charge is 0.244 e. The van der Waals surface area contributed by atoms with Crippen LogP contribution in [0.2, 0.25) is 0 Å². The lowest BCUT2D eigenvalue weighted by molar-refractivity contribution is 0.373. The second-order valence-corrected chi connectivity index (χ2v) is 8.01. The van der Waals surface area contributed by atoms with Gasteiger partial charge in [0.2, 0.25) is 5.88 Å². The van der Waals surface area contributed by atoms with E-state index in [9.17, 15) is 0 Å². The number of para-hydroxylation sites is 1. The van der Waals surface area contributed by atoms with E-state index >= 15 is 0 Å². The molecule has 2 aliphatic rings. The number of nitrogens with zero attached hydrogens (tertiary/aromatic N) is 3. The molecule has 0 radical (unpaired) electrons. The number of aliphatic imine (C=N–C) groups is 1. The molecule has 2 aromatic rings. The van der Waals surface area contributed by atoms with Gasteiger partial charge in [0.15, 0.2) is 5.69 Å². The summed E-state index contributed by atoms with van der Waals surface area (Å²) in [6.07, 6.45) is 3.43. The van der Waals surface area contributed by atoms with Gasteiger partial charge in [0, 0.05) is 11.4 Å².